The molecular weight excluding hydrogens is 148 g/mol. The fourth-order valence-electron chi connectivity index (χ4n) is 1.73. The lowest BCUT2D eigenvalue weighted by Crippen LogP contribution is -2.35. The molecule has 58 valence electrons. The highest BCUT2D eigenvalue weighted by Crippen LogP contribution is 2.13. The number of rotatable bonds is 0. The molecule has 0 saturated carbocycles. The number of nitrogens with zero attached hydrogens (tertiary/aromatic N) is 2. The second kappa shape index (κ2) is 1.97. The first-order valence-corrected chi connectivity index (χ1v) is 4.11. The summed E-state index contributed by atoms with van der Waals surface area (Å²) in [6, 6.07) is 8.42. The molecule has 0 aliphatic carbocycles. The van der Waals surface area contributed by atoms with E-state index in [0.717, 1.165) is 6.54 Å². The van der Waals surface area contributed by atoms with Crippen molar-refractivity contribution in [3.8, 4) is 0 Å². The van der Waals surface area contributed by atoms with Gasteiger partial charge in [0.05, 0.1) is 11.6 Å². The molecule has 1 aromatic carbocycles. The molecular formula is C10H9N2+. The number of hydrogen-bond acceptors (Lipinski definition) is 0. The zero-order chi connectivity index (χ0) is 7.97. The van der Waals surface area contributed by atoms with Crippen molar-refractivity contribution in [2.24, 2.45) is 0 Å². The lowest BCUT2D eigenvalue weighted by atomic mass is 10.2. The van der Waals surface area contributed by atoms with Gasteiger partial charge in [0.2, 0.25) is 6.20 Å². The molecule has 2 nitrogen and oxygen atoms in total. The molecule has 0 bridgehead atoms. The molecule has 1 aliphatic rings. The Kier molecular flexibility index (Phi) is 0.987. The fraction of sp³-hybridized carbons (Fsp3) is 0.100. The van der Waals surface area contributed by atoms with Gasteiger partial charge in [-0.25, -0.2) is 0 Å². The van der Waals surface area contributed by atoms with Crippen molar-refractivity contribution in [2.45, 2.75) is 6.54 Å². The Labute approximate surface area is 70.3 Å². The van der Waals surface area contributed by atoms with Crippen LogP contribution in [-0.4, -0.2) is 4.68 Å². The summed E-state index contributed by atoms with van der Waals surface area (Å²) >= 11 is 0. The van der Waals surface area contributed by atoms with Gasteiger partial charge in [-0.05, 0) is 12.1 Å². The highest BCUT2D eigenvalue weighted by Gasteiger charge is 2.15. The van der Waals surface area contributed by atoms with Crippen molar-refractivity contribution in [3.63, 3.8) is 0 Å². The van der Waals surface area contributed by atoms with Crippen molar-refractivity contribution in [2.75, 3.05) is 0 Å². The van der Waals surface area contributed by atoms with Gasteiger partial charge in [-0.2, -0.15) is 0 Å². The number of allylic oxidation sites excluding steroid dienone is 1. The van der Waals surface area contributed by atoms with Crippen molar-refractivity contribution in [1.29, 1.82) is 0 Å². The molecule has 3 rings (SSSR count). The second-order valence-electron chi connectivity index (χ2n) is 3.04. The van der Waals surface area contributed by atoms with Gasteiger partial charge in [-0.15, -0.1) is 9.36 Å². The van der Waals surface area contributed by atoms with Crippen LogP contribution in [0.15, 0.2) is 36.5 Å². The first-order valence-electron chi connectivity index (χ1n) is 4.11. The van der Waals surface area contributed by atoms with Crippen LogP contribution in [-0.2, 0) is 6.54 Å². The van der Waals surface area contributed by atoms with Gasteiger partial charge in [0.25, 0.3) is 0 Å². The molecule has 0 N–H and O–H groups in total. The van der Waals surface area contributed by atoms with Crippen LogP contribution in [0.5, 0.6) is 0 Å². The largest absolute Gasteiger partial charge is 0.204 e. The standard InChI is InChI=1S/C10H9N2/c1-2-5-10-9(4-1)8-11-6-3-7-12(10)11/h1-5,7-8H,6H2/q+1. The highest BCUT2D eigenvalue weighted by atomic mass is 15.4. The molecule has 1 aromatic heterocycles. The normalized spacial score (nSPS) is 14.0. The number of aromatic nitrogens is 2. The molecule has 2 heteroatoms. The third-order valence-electron chi connectivity index (χ3n) is 2.29. The van der Waals surface area contributed by atoms with E-state index in [4.69, 9.17) is 0 Å². The van der Waals surface area contributed by atoms with E-state index in [1.807, 2.05) is 0 Å². The number of para-hydroxylation sites is 1. The summed E-state index contributed by atoms with van der Waals surface area (Å²) in [5.74, 6) is 0. The Morgan fingerprint density at radius 2 is 2.17 bits per heavy atom. The van der Waals surface area contributed by atoms with Crippen LogP contribution in [0.2, 0.25) is 0 Å². The fourth-order valence-corrected chi connectivity index (χ4v) is 1.73. The van der Waals surface area contributed by atoms with E-state index < -0.39 is 0 Å². The van der Waals surface area contributed by atoms with Crippen LogP contribution < -0.4 is 4.68 Å². The van der Waals surface area contributed by atoms with E-state index in [0.29, 0.717) is 0 Å². The molecule has 0 spiro atoms. The van der Waals surface area contributed by atoms with E-state index in [1.54, 1.807) is 0 Å². The molecule has 0 radical (unpaired) electrons. The Morgan fingerprint density at radius 3 is 3.17 bits per heavy atom. The van der Waals surface area contributed by atoms with E-state index in [1.165, 1.54) is 10.9 Å². The van der Waals surface area contributed by atoms with Crippen LogP contribution in [0.25, 0.3) is 17.1 Å². The molecule has 0 unspecified atom stereocenters. The average molecular weight is 157 g/mol. The van der Waals surface area contributed by atoms with Crippen molar-refractivity contribution in [3.05, 3.63) is 36.5 Å². The number of fused-ring (bicyclic) bond motifs is 3. The summed E-state index contributed by atoms with van der Waals surface area (Å²) in [4.78, 5) is 0. The molecule has 1 aliphatic heterocycles. The third kappa shape index (κ3) is 0.619. The zero-order valence-corrected chi connectivity index (χ0v) is 6.64. The Hall–Kier alpha value is -1.57. The van der Waals surface area contributed by atoms with Gasteiger partial charge in [-0.3, -0.25) is 0 Å². The first kappa shape index (κ1) is 6.00. The monoisotopic (exact) mass is 157 g/mol. The zero-order valence-electron chi connectivity index (χ0n) is 6.64. The maximum Gasteiger partial charge on any atom is 0.204 e. The Morgan fingerprint density at radius 1 is 1.25 bits per heavy atom. The van der Waals surface area contributed by atoms with Crippen LogP contribution in [0.4, 0.5) is 0 Å². The number of benzene rings is 1. The lowest BCUT2D eigenvalue weighted by molar-refractivity contribution is -0.747. The summed E-state index contributed by atoms with van der Waals surface area (Å²) in [6.45, 7) is 0.995. The maximum atomic E-state index is 2.20. The van der Waals surface area contributed by atoms with Gasteiger partial charge in [-0.1, -0.05) is 12.1 Å². The summed E-state index contributed by atoms with van der Waals surface area (Å²) in [7, 11) is 0. The van der Waals surface area contributed by atoms with Crippen LogP contribution in [0.1, 0.15) is 0 Å². The lowest BCUT2D eigenvalue weighted by Gasteiger charge is -1.87. The minimum atomic E-state index is 0.995. The van der Waals surface area contributed by atoms with E-state index in [9.17, 15) is 0 Å². The second-order valence-corrected chi connectivity index (χ2v) is 3.04. The molecule has 0 saturated heterocycles. The molecule has 0 amide bonds. The van der Waals surface area contributed by atoms with Crippen LogP contribution in [0, 0.1) is 0 Å². The Bertz CT molecular complexity index is 466. The van der Waals surface area contributed by atoms with Crippen LogP contribution in [0.3, 0.4) is 0 Å². The van der Waals surface area contributed by atoms with Crippen LogP contribution >= 0.6 is 0 Å². The molecule has 2 heterocycles. The summed E-state index contributed by atoms with van der Waals surface area (Å²) in [5, 5.41) is 1.31. The number of hydrogen-bond donors (Lipinski definition) is 0. The van der Waals surface area contributed by atoms with Crippen molar-refractivity contribution in [1.82, 2.24) is 4.68 Å². The van der Waals surface area contributed by atoms with Gasteiger partial charge in [0.1, 0.15) is 5.52 Å². The van der Waals surface area contributed by atoms with E-state index >= 15 is 0 Å². The summed E-state index contributed by atoms with van der Waals surface area (Å²) in [5.41, 5.74) is 1.28. The molecule has 2 aromatic rings. The quantitative estimate of drug-likeness (QED) is 0.511. The van der Waals surface area contributed by atoms with E-state index in [-0.39, 0.29) is 0 Å². The summed E-state index contributed by atoms with van der Waals surface area (Å²) in [6.07, 6.45) is 6.45. The Balaban J connectivity index is 2.51. The van der Waals surface area contributed by atoms with Gasteiger partial charge >= 0.3 is 0 Å². The molecule has 0 atom stereocenters. The molecule has 0 fully saturated rings. The smallest absolute Gasteiger partial charge is 0.128 e. The topological polar surface area (TPSA) is 8.81 Å². The highest BCUT2D eigenvalue weighted by molar-refractivity contribution is 5.79. The third-order valence-corrected chi connectivity index (χ3v) is 2.29. The van der Waals surface area contributed by atoms with Gasteiger partial charge in [0, 0.05) is 6.08 Å². The minimum Gasteiger partial charge on any atom is -0.128 e. The predicted octanol–water partition coefficient (Wildman–Crippen LogP) is 1.41. The SMILES string of the molecule is C1=Cn2c3ccccc3c[n+]2C1. The van der Waals surface area contributed by atoms with E-state index in [2.05, 4.69) is 52.1 Å². The minimum absolute atomic E-state index is 0.995. The average Bonchev–Trinajstić information content (AvgIpc) is 2.62. The predicted molar refractivity (Wildman–Crippen MR) is 47.5 cm³/mol. The summed E-state index contributed by atoms with van der Waals surface area (Å²) < 4.78 is 4.38. The molecule has 12 heavy (non-hydrogen) atoms. The van der Waals surface area contributed by atoms with Gasteiger partial charge < -0.3 is 0 Å². The van der Waals surface area contributed by atoms with Crippen molar-refractivity contribution >= 4 is 17.1 Å². The first-order chi connectivity index (χ1) is 5.95. The van der Waals surface area contributed by atoms with Gasteiger partial charge in [0.15, 0.2) is 6.54 Å². The van der Waals surface area contributed by atoms with Crippen molar-refractivity contribution < 1.29 is 4.68 Å². The maximum absolute atomic E-state index is 2.20.